The monoisotopic (exact) mass is 689 g/mol. The molecule has 9 aromatic carbocycles. The molecule has 0 fully saturated rings. The lowest BCUT2D eigenvalue weighted by atomic mass is 9.81. The number of fused-ring (bicyclic) bond motifs is 5. The highest BCUT2D eigenvalue weighted by atomic mass is 15.1. The molecule has 0 saturated carbocycles. The van der Waals surface area contributed by atoms with Crippen LogP contribution in [0, 0.1) is 0 Å². The fourth-order valence-corrected chi connectivity index (χ4v) is 8.53. The number of rotatable bonds is 6. The molecule has 0 bridgehead atoms. The van der Waals surface area contributed by atoms with Gasteiger partial charge in [-0.25, -0.2) is 0 Å². The molecule has 0 heterocycles. The predicted molar refractivity (Wildman–Crippen MR) is 230 cm³/mol. The van der Waals surface area contributed by atoms with Crippen LogP contribution in [0.5, 0.6) is 0 Å². The van der Waals surface area contributed by atoms with Gasteiger partial charge in [-0.05, 0) is 108 Å². The van der Waals surface area contributed by atoms with Crippen LogP contribution in [0.1, 0.15) is 25.0 Å². The highest BCUT2D eigenvalue weighted by molar-refractivity contribution is 6.00. The Balaban J connectivity index is 1.01. The first-order chi connectivity index (χ1) is 26.5. The second kappa shape index (κ2) is 12.8. The molecule has 0 N–H and O–H groups in total. The van der Waals surface area contributed by atoms with Crippen LogP contribution in [0.15, 0.2) is 200 Å². The van der Waals surface area contributed by atoms with Gasteiger partial charge in [0.1, 0.15) is 0 Å². The standard InChI is InChI=1S/C53H39N/c1-53(2)50-34-44(41-25-23-40(24-26-41)39-21-19-38(20-22-39)36-11-4-3-5-12-36)28-31-48(50)49-32-30-46(35-51(49)53)54(45-29-27-37-13-6-7-15-43(37)33-45)52-18-10-16-42-14-8-9-17-47(42)52/h3-35H,1-2H3. The largest absolute Gasteiger partial charge is 0.310 e. The fourth-order valence-electron chi connectivity index (χ4n) is 8.53. The molecule has 0 radical (unpaired) electrons. The summed E-state index contributed by atoms with van der Waals surface area (Å²) >= 11 is 0. The van der Waals surface area contributed by atoms with E-state index in [1.54, 1.807) is 0 Å². The summed E-state index contributed by atoms with van der Waals surface area (Å²) in [6.45, 7) is 4.76. The zero-order valence-corrected chi connectivity index (χ0v) is 30.5. The van der Waals surface area contributed by atoms with Gasteiger partial charge in [-0.3, -0.25) is 0 Å². The minimum atomic E-state index is -0.176. The van der Waals surface area contributed by atoms with Crippen molar-refractivity contribution in [2.75, 3.05) is 4.90 Å². The molecule has 1 heteroatoms. The van der Waals surface area contributed by atoms with E-state index in [1.165, 1.54) is 82.9 Å². The smallest absolute Gasteiger partial charge is 0.0540 e. The average molecular weight is 690 g/mol. The molecular weight excluding hydrogens is 651 g/mol. The summed E-state index contributed by atoms with van der Waals surface area (Å²) in [6, 6.07) is 73.4. The fraction of sp³-hybridized carbons (Fsp3) is 0.0566. The Morgan fingerprint density at radius 1 is 0.333 bits per heavy atom. The van der Waals surface area contributed by atoms with Gasteiger partial charge in [0.25, 0.3) is 0 Å². The number of benzene rings is 9. The summed E-state index contributed by atoms with van der Waals surface area (Å²) < 4.78 is 0. The summed E-state index contributed by atoms with van der Waals surface area (Å²) in [5, 5.41) is 4.94. The van der Waals surface area contributed by atoms with Gasteiger partial charge in [-0.15, -0.1) is 0 Å². The highest BCUT2D eigenvalue weighted by Gasteiger charge is 2.36. The topological polar surface area (TPSA) is 3.24 Å². The Hall–Kier alpha value is -6.70. The molecule has 1 nitrogen and oxygen atoms in total. The van der Waals surface area contributed by atoms with Crippen molar-refractivity contribution in [1.82, 2.24) is 0 Å². The van der Waals surface area contributed by atoms with E-state index in [9.17, 15) is 0 Å². The van der Waals surface area contributed by atoms with E-state index in [0.717, 1.165) is 11.4 Å². The van der Waals surface area contributed by atoms with Crippen molar-refractivity contribution < 1.29 is 0 Å². The SMILES string of the molecule is CC1(C)c2cc(-c3ccc(-c4ccc(-c5ccccc5)cc4)cc3)ccc2-c2ccc(N(c3ccc4ccccc4c3)c3cccc4ccccc34)cc21. The van der Waals surface area contributed by atoms with Crippen LogP contribution >= 0.6 is 0 Å². The van der Waals surface area contributed by atoms with Crippen LogP contribution < -0.4 is 4.90 Å². The van der Waals surface area contributed by atoms with Crippen LogP contribution in [0.4, 0.5) is 17.1 Å². The van der Waals surface area contributed by atoms with Crippen LogP contribution in [0.2, 0.25) is 0 Å². The van der Waals surface area contributed by atoms with Gasteiger partial charge in [0.2, 0.25) is 0 Å². The van der Waals surface area contributed by atoms with Gasteiger partial charge in [0, 0.05) is 22.2 Å². The lowest BCUT2D eigenvalue weighted by molar-refractivity contribution is 0.660. The maximum absolute atomic E-state index is 2.44. The van der Waals surface area contributed by atoms with E-state index in [4.69, 9.17) is 0 Å². The van der Waals surface area contributed by atoms with E-state index >= 15 is 0 Å². The van der Waals surface area contributed by atoms with Gasteiger partial charge in [0.15, 0.2) is 0 Å². The normalized spacial score (nSPS) is 12.8. The molecule has 0 aromatic heterocycles. The van der Waals surface area contributed by atoms with Crippen molar-refractivity contribution >= 4 is 38.6 Å². The summed E-state index contributed by atoms with van der Waals surface area (Å²) in [7, 11) is 0. The van der Waals surface area contributed by atoms with E-state index in [-0.39, 0.29) is 5.41 Å². The molecule has 0 atom stereocenters. The molecule has 0 aliphatic heterocycles. The third-order valence-electron chi connectivity index (χ3n) is 11.5. The summed E-state index contributed by atoms with van der Waals surface area (Å²) in [6.07, 6.45) is 0. The van der Waals surface area contributed by atoms with Crippen LogP contribution in [-0.2, 0) is 5.41 Å². The zero-order valence-electron chi connectivity index (χ0n) is 30.5. The third-order valence-corrected chi connectivity index (χ3v) is 11.5. The molecule has 0 spiro atoms. The summed E-state index contributed by atoms with van der Waals surface area (Å²) in [5.41, 5.74) is 16.1. The lowest BCUT2D eigenvalue weighted by Gasteiger charge is -2.29. The van der Waals surface area contributed by atoms with Gasteiger partial charge in [-0.1, -0.05) is 178 Å². The molecule has 256 valence electrons. The van der Waals surface area contributed by atoms with Crippen LogP contribution in [0.25, 0.3) is 66.1 Å². The Kier molecular flexibility index (Phi) is 7.56. The zero-order chi connectivity index (χ0) is 36.2. The van der Waals surface area contributed by atoms with Gasteiger partial charge < -0.3 is 4.90 Å². The average Bonchev–Trinajstić information content (AvgIpc) is 3.46. The predicted octanol–water partition coefficient (Wildman–Crippen LogP) is 14.8. The molecule has 0 unspecified atom stereocenters. The van der Waals surface area contributed by atoms with E-state index < -0.39 is 0 Å². The van der Waals surface area contributed by atoms with Gasteiger partial charge in [0.05, 0.1) is 5.69 Å². The molecule has 9 aromatic rings. The van der Waals surface area contributed by atoms with E-state index in [2.05, 4.69) is 219 Å². The number of nitrogens with zero attached hydrogens (tertiary/aromatic N) is 1. The molecule has 54 heavy (non-hydrogen) atoms. The summed E-state index contributed by atoms with van der Waals surface area (Å²) in [4.78, 5) is 2.44. The lowest BCUT2D eigenvalue weighted by Crippen LogP contribution is -2.17. The Morgan fingerprint density at radius 3 is 1.52 bits per heavy atom. The minimum Gasteiger partial charge on any atom is -0.310 e. The maximum Gasteiger partial charge on any atom is 0.0540 e. The molecule has 1 aliphatic rings. The van der Waals surface area contributed by atoms with Gasteiger partial charge in [-0.2, -0.15) is 0 Å². The van der Waals surface area contributed by atoms with Crippen molar-refractivity contribution in [3.8, 4) is 44.5 Å². The minimum absolute atomic E-state index is 0.176. The van der Waals surface area contributed by atoms with Crippen molar-refractivity contribution in [2.45, 2.75) is 19.3 Å². The highest BCUT2D eigenvalue weighted by Crippen LogP contribution is 2.52. The van der Waals surface area contributed by atoms with Crippen LogP contribution in [-0.4, -0.2) is 0 Å². The first-order valence-corrected chi connectivity index (χ1v) is 18.8. The van der Waals surface area contributed by atoms with E-state index in [1.807, 2.05) is 0 Å². The third kappa shape index (κ3) is 5.40. The second-order valence-electron chi connectivity index (χ2n) is 15.0. The number of hydrogen-bond acceptors (Lipinski definition) is 1. The van der Waals surface area contributed by atoms with Crippen molar-refractivity contribution in [3.63, 3.8) is 0 Å². The number of hydrogen-bond donors (Lipinski definition) is 0. The van der Waals surface area contributed by atoms with Crippen molar-refractivity contribution in [1.29, 1.82) is 0 Å². The van der Waals surface area contributed by atoms with Crippen LogP contribution in [0.3, 0.4) is 0 Å². The molecular formula is C53H39N. The molecule has 0 amide bonds. The van der Waals surface area contributed by atoms with Crippen molar-refractivity contribution in [2.24, 2.45) is 0 Å². The quantitative estimate of drug-likeness (QED) is 0.168. The van der Waals surface area contributed by atoms with E-state index in [0.29, 0.717) is 0 Å². The Labute approximate surface area is 317 Å². The maximum atomic E-state index is 2.44. The number of anilines is 3. The first kappa shape index (κ1) is 32.0. The second-order valence-corrected chi connectivity index (χ2v) is 15.0. The first-order valence-electron chi connectivity index (χ1n) is 18.8. The molecule has 0 saturated heterocycles. The Morgan fingerprint density at radius 2 is 0.815 bits per heavy atom. The molecule has 1 aliphatic carbocycles. The van der Waals surface area contributed by atoms with Crippen molar-refractivity contribution in [3.05, 3.63) is 211 Å². The van der Waals surface area contributed by atoms with Gasteiger partial charge >= 0.3 is 0 Å². The summed E-state index contributed by atoms with van der Waals surface area (Å²) in [5.74, 6) is 0. The Bertz CT molecular complexity index is 2820. The molecule has 10 rings (SSSR count).